The van der Waals surface area contributed by atoms with E-state index >= 15 is 0 Å². The van der Waals surface area contributed by atoms with E-state index in [1.54, 1.807) is 0 Å². The Morgan fingerprint density at radius 2 is 2.00 bits per heavy atom. The zero-order chi connectivity index (χ0) is 17.6. The molecule has 138 valence electrons. The van der Waals surface area contributed by atoms with Crippen LogP contribution < -0.4 is 10.6 Å². The third-order valence-electron chi connectivity index (χ3n) is 4.67. The van der Waals surface area contributed by atoms with Crippen molar-refractivity contribution in [2.24, 2.45) is 0 Å². The summed E-state index contributed by atoms with van der Waals surface area (Å²) >= 11 is 0. The number of carbonyl (C=O) groups excluding carboxylic acids is 1. The van der Waals surface area contributed by atoms with Crippen molar-refractivity contribution in [2.75, 3.05) is 31.6 Å². The lowest BCUT2D eigenvalue weighted by Crippen LogP contribution is -2.45. The van der Waals surface area contributed by atoms with Gasteiger partial charge in [-0.2, -0.15) is 0 Å². The van der Waals surface area contributed by atoms with Crippen molar-refractivity contribution in [1.29, 1.82) is 0 Å². The molecule has 0 spiro atoms. The number of urea groups is 1. The summed E-state index contributed by atoms with van der Waals surface area (Å²) in [5, 5.41) is 5.89. The molecule has 3 rings (SSSR count). The van der Waals surface area contributed by atoms with Crippen molar-refractivity contribution in [1.82, 2.24) is 10.2 Å². The molecule has 6 heteroatoms. The second-order valence-electron chi connectivity index (χ2n) is 7.08. The number of rotatable bonds is 5. The van der Waals surface area contributed by atoms with E-state index in [1.807, 2.05) is 18.2 Å². The molecule has 2 heterocycles. The molecule has 2 amide bonds. The molecule has 6 nitrogen and oxygen atoms in total. The van der Waals surface area contributed by atoms with Crippen LogP contribution in [-0.2, 0) is 16.0 Å². The van der Waals surface area contributed by atoms with Gasteiger partial charge in [-0.05, 0) is 38.3 Å². The molecule has 0 bridgehead atoms. The second-order valence-corrected chi connectivity index (χ2v) is 7.08. The van der Waals surface area contributed by atoms with Crippen LogP contribution in [0.5, 0.6) is 0 Å². The van der Waals surface area contributed by atoms with Gasteiger partial charge in [0.05, 0.1) is 18.3 Å². The van der Waals surface area contributed by atoms with Crippen LogP contribution in [0.25, 0.3) is 0 Å². The molecule has 25 heavy (non-hydrogen) atoms. The van der Waals surface area contributed by atoms with Crippen LogP contribution in [0.3, 0.4) is 0 Å². The fraction of sp³-hybridized carbons (Fsp3) is 0.632. The number of benzene rings is 1. The fourth-order valence-electron chi connectivity index (χ4n) is 3.61. The monoisotopic (exact) mass is 347 g/mol. The number of hydrogen-bond acceptors (Lipinski definition) is 4. The maximum atomic E-state index is 12.2. The van der Waals surface area contributed by atoms with Crippen LogP contribution in [0.4, 0.5) is 10.5 Å². The highest BCUT2D eigenvalue weighted by Crippen LogP contribution is 2.20. The van der Waals surface area contributed by atoms with Gasteiger partial charge >= 0.3 is 6.03 Å². The van der Waals surface area contributed by atoms with E-state index in [-0.39, 0.29) is 24.3 Å². The molecule has 0 saturated carbocycles. The summed E-state index contributed by atoms with van der Waals surface area (Å²) in [4.78, 5) is 14.6. The van der Waals surface area contributed by atoms with Gasteiger partial charge in [0.1, 0.15) is 0 Å². The first kappa shape index (κ1) is 18.2. The minimum atomic E-state index is -0.174. The Bertz CT molecular complexity index is 565. The van der Waals surface area contributed by atoms with Gasteiger partial charge in [-0.15, -0.1) is 0 Å². The number of amides is 2. The predicted molar refractivity (Wildman–Crippen MR) is 97.7 cm³/mol. The SMILES string of the molecule is CC1CN(Cc2ccccc2NC(=O)NCC2CCCO2)CC(C)O1. The second kappa shape index (κ2) is 8.65. The number of nitrogens with zero attached hydrogens (tertiary/aromatic N) is 1. The summed E-state index contributed by atoms with van der Waals surface area (Å²) in [5.41, 5.74) is 1.98. The van der Waals surface area contributed by atoms with Gasteiger partial charge in [0.15, 0.2) is 0 Å². The fourth-order valence-corrected chi connectivity index (χ4v) is 3.61. The quantitative estimate of drug-likeness (QED) is 0.859. The third kappa shape index (κ3) is 5.42. The average molecular weight is 347 g/mol. The van der Waals surface area contributed by atoms with Crippen LogP contribution in [0, 0.1) is 0 Å². The van der Waals surface area contributed by atoms with E-state index in [0.29, 0.717) is 6.54 Å². The van der Waals surface area contributed by atoms with Gasteiger partial charge in [-0.3, -0.25) is 4.90 Å². The van der Waals surface area contributed by atoms with Crippen LogP contribution in [-0.4, -0.2) is 55.5 Å². The first-order chi connectivity index (χ1) is 12.1. The summed E-state index contributed by atoms with van der Waals surface area (Å²) in [7, 11) is 0. The molecule has 2 aliphatic heterocycles. The number of para-hydroxylation sites is 1. The Morgan fingerprint density at radius 3 is 2.72 bits per heavy atom. The zero-order valence-corrected chi connectivity index (χ0v) is 15.2. The Kier molecular flexibility index (Phi) is 6.29. The van der Waals surface area contributed by atoms with Gasteiger partial charge < -0.3 is 20.1 Å². The van der Waals surface area contributed by atoms with E-state index in [0.717, 1.165) is 50.3 Å². The highest BCUT2D eigenvalue weighted by atomic mass is 16.5. The average Bonchev–Trinajstić information content (AvgIpc) is 3.07. The molecule has 2 fully saturated rings. The van der Waals surface area contributed by atoms with Crippen molar-refractivity contribution in [3.8, 4) is 0 Å². The number of anilines is 1. The number of hydrogen-bond donors (Lipinski definition) is 2. The van der Waals surface area contributed by atoms with Gasteiger partial charge in [-0.1, -0.05) is 18.2 Å². The number of ether oxygens (including phenoxy) is 2. The minimum absolute atomic E-state index is 0.150. The van der Waals surface area contributed by atoms with Crippen molar-refractivity contribution in [3.05, 3.63) is 29.8 Å². The van der Waals surface area contributed by atoms with Crippen molar-refractivity contribution in [3.63, 3.8) is 0 Å². The van der Waals surface area contributed by atoms with Crippen LogP contribution in [0.1, 0.15) is 32.3 Å². The maximum Gasteiger partial charge on any atom is 0.319 e. The van der Waals surface area contributed by atoms with Crippen molar-refractivity contribution < 1.29 is 14.3 Å². The van der Waals surface area contributed by atoms with Gasteiger partial charge in [0, 0.05) is 38.5 Å². The molecule has 2 N–H and O–H groups in total. The molecule has 3 atom stereocenters. The molecular formula is C19H29N3O3. The topological polar surface area (TPSA) is 62.8 Å². The van der Waals surface area contributed by atoms with Crippen molar-refractivity contribution in [2.45, 2.75) is 51.5 Å². The highest BCUT2D eigenvalue weighted by molar-refractivity contribution is 5.90. The summed E-state index contributed by atoms with van der Waals surface area (Å²) in [6, 6.07) is 7.81. The Morgan fingerprint density at radius 1 is 1.24 bits per heavy atom. The molecule has 1 aromatic carbocycles. The molecule has 2 aliphatic rings. The molecule has 0 aliphatic carbocycles. The summed E-state index contributed by atoms with van der Waals surface area (Å²) in [6.45, 7) is 8.18. The largest absolute Gasteiger partial charge is 0.376 e. The lowest BCUT2D eigenvalue weighted by Gasteiger charge is -2.35. The summed E-state index contributed by atoms with van der Waals surface area (Å²) in [5.74, 6) is 0. The van der Waals surface area contributed by atoms with Crippen LogP contribution >= 0.6 is 0 Å². The molecule has 0 aromatic heterocycles. The maximum absolute atomic E-state index is 12.2. The molecular weight excluding hydrogens is 318 g/mol. The summed E-state index contributed by atoms with van der Waals surface area (Å²) < 4.78 is 11.3. The highest BCUT2D eigenvalue weighted by Gasteiger charge is 2.23. The predicted octanol–water partition coefficient (Wildman–Crippen LogP) is 2.60. The number of carbonyl (C=O) groups is 1. The molecule has 2 saturated heterocycles. The Labute approximate surface area is 149 Å². The Hall–Kier alpha value is -1.63. The molecule has 0 radical (unpaired) electrons. The summed E-state index contributed by atoms with van der Waals surface area (Å²) in [6.07, 6.45) is 2.71. The van der Waals surface area contributed by atoms with E-state index < -0.39 is 0 Å². The van der Waals surface area contributed by atoms with Gasteiger partial charge in [0.25, 0.3) is 0 Å². The van der Waals surface area contributed by atoms with E-state index in [1.165, 1.54) is 0 Å². The first-order valence-electron chi connectivity index (χ1n) is 9.22. The third-order valence-corrected chi connectivity index (χ3v) is 4.67. The number of nitrogens with one attached hydrogen (secondary N) is 2. The number of morpholine rings is 1. The van der Waals surface area contributed by atoms with E-state index in [9.17, 15) is 4.79 Å². The zero-order valence-electron chi connectivity index (χ0n) is 15.2. The van der Waals surface area contributed by atoms with Gasteiger partial charge in [-0.25, -0.2) is 4.79 Å². The lowest BCUT2D eigenvalue weighted by molar-refractivity contribution is -0.0704. The normalized spacial score (nSPS) is 27.2. The molecule has 1 aromatic rings. The standard InChI is InChI=1S/C19H29N3O3/c1-14-11-22(12-15(2)25-14)13-16-6-3-4-8-18(16)21-19(23)20-10-17-7-5-9-24-17/h3-4,6,8,14-15,17H,5,7,9-13H2,1-2H3,(H2,20,21,23). The smallest absolute Gasteiger partial charge is 0.319 e. The van der Waals surface area contributed by atoms with Gasteiger partial charge in [0.2, 0.25) is 0 Å². The first-order valence-corrected chi connectivity index (χ1v) is 9.22. The Balaban J connectivity index is 1.55. The minimum Gasteiger partial charge on any atom is -0.376 e. The van der Waals surface area contributed by atoms with Crippen LogP contribution in [0.2, 0.25) is 0 Å². The van der Waals surface area contributed by atoms with Crippen LogP contribution in [0.15, 0.2) is 24.3 Å². The molecule has 3 unspecified atom stereocenters. The van der Waals surface area contributed by atoms with E-state index in [2.05, 4.69) is 35.4 Å². The van der Waals surface area contributed by atoms with Crippen molar-refractivity contribution >= 4 is 11.7 Å². The van der Waals surface area contributed by atoms with E-state index in [4.69, 9.17) is 9.47 Å². The lowest BCUT2D eigenvalue weighted by atomic mass is 10.1.